The van der Waals surface area contributed by atoms with Crippen LogP contribution in [0.15, 0.2) is 0 Å². The molecule has 1 aliphatic rings. The van der Waals surface area contributed by atoms with Crippen LogP contribution in [-0.2, 0) is 9.53 Å². The monoisotopic (exact) mass is 285 g/mol. The van der Waals surface area contributed by atoms with Crippen molar-refractivity contribution < 1.29 is 14.6 Å². The van der Waals surface area contributed by atoms with Crippen LogP contribution < -0.4 is 0 Å². The molecule has 1 fully saturated rings. The molecule has 1 N–H and O–H groups in total. The number of unbranched alkanes of at least 4 members (excludes halogenated alkanes) is 4. The van der Waals surface area contributed by atoms with Crippen molar-refractivity contribution in [2.24, 2.45) is 5.92 Å². The smallest absolute Gasteiger partial charge is 0.307 e. The van der Waals surface area contributed by atoms with Gasteiger partial charge in [0.15, 0.2) is 0 Å². The Morgan fingerprint density at radius 2 is 2.10 bits per heavy atom. The number of carboxylic acid groups (broad SMARTS) is 1. The summed E-state index contributed by atoms with van der Waals surface area (Å²) in [6.07, 6.45) is 8.84. The zero-order valence-corrected chi connectivity index (χ0v) is 13.1. The average molecular weight is 285 g/mol. The van der Waals surface area contributed by atoms with Crippen molar-refractivity contribution in [3.63, 3.8) is 0 Å². The lowest BCUT2D eigenvalue weighted by Crippen LogP contribution is -2.38. The highest BCUT2D eigenvalue weighted by Crippen LogP contribution is 2.15. The fourth-order valence-electron chi connectivity index (χ4n) is 2.74. The predicted octanol–water partition coefficient (Wildman–Crippen LogP) is 3.16. The number of carboxylic acids is 1. The lowest BCUT2D eigenvalue weighted by Gasteiger charge is -2.26. The number of carbonyl (C=O) groups is 1. The van der Waals surface area contributed by atoms with Gasteiger partial charge in [-0.3, -0.25) is 9.69 Å². The number of hydrogen-bond acceptors (Lipinski definition) is 3. The number of hydrogen-bond donors (Lipinski definition) is 1. The number of rotatable bonds is 11. The number of aliphatic carboxylic acids is 1. The Kier molecular flexibility index (Phi) is 8.86. The summed E-state index contributed by atoms with van der Waals surface area (Å²) in [6, 6.07) is 0. The summed E-state index contributed by atoms with van der Waals surface area (Å²) in [4.78, 5) is 13.3. The molecule has 0 aliphatic carbocycles. The minimum Gasteiger partial charge on any atom is -0.481 e. The predicted molar refractivity (Wildman–Crippen MR) is 81.0 cm³/mol. The third-order valence-corrected chi connectivity index (χ3v) is 4.02. The van der Waals surface area contributed by atoms with Gasteiger partial charge in [-0.1, -0.05) is 39.5 Å². The molecule has 2 atom stereocenters. The molecule has 4 nitrogen and oxygen atoms in total. The molecule has 0 spiro atoms. The summed E-state index contributed by atoms with van der Waals surface area (Å²) >= 11 is 0. The van der Waals surface area contributed by atoms with Gasteiger partial charge >= 0.3 is 5.97 Å². The fourth-order valence-corrected chi connectivity index (χ4v) is 2.74. The molecule has 0 aromatic carbocycles. The normalized spacial score (nSPS) is 20.4. The van der Waals surface area contributed by atoms with Crippen LogP contribution in [0.3, 0.4) is 0 Å². The summed E-state index contributed by atoms with van der Waals surface area (Å²) in [6.45, 7) is 7.42. The van der Waals surface area contributed by atoms with Crippen molar-refractivity contribution in [2.45, 2.75) is 64.9 Å². The molecular formula is C16H31NO3. The van der Waals surface area contributed by atoms with Crippen molar-refractivity contribution in [2.75, 3.05) is 26.2 Å². The van der Waals surface area contributed by atoms with Crippen LogP contribution in [0.25, 0.3) is 0 Å². The Labute approximate surface area is 123 Å². The highest BCUT2D eigenvalue weighted by atomic mass is 16.5. The first kappa shape index (κ1) is 17.4. The molecule has 20 heavy (non-hydrogen) atoms. The van der Waals surface area contributed by atoms with Gasteiger partial charge in [-0.2, -0.15) is 0 Å². The van der Waals surface area contributed by atoms with E-state index < -0.39 is 5.97 Å². The average Bonchev–Trinajstić information content (AvgIpc) is 2.91. The maximum absolute atomic E-state index is 11.0. The van der Waals surface area contributed by atoms with Crippen molar-refractivity contribution in [1.29, 1.82) is 0 Å². The highest BCUT2D eigenvalue weighted by Gasteiger charge is 2.22. The number of nitrogens with zero attached hydrogens (tertiary/aromatic N) is 1. The summed E-state index contributed by atoms with van der Waals surface area (Å²) in [5.41, 5.74) is 0. The van der Waals surface area contributed by atoms with E-state index in [1.807, 2.05) is 0 Å². The molecule has 1 aliphatic heterocycles. The molecule has 118 valence electrons. The molecule has 1 heterocycles. The van der Waals surface area contributed by atoms with Crippen LogP contribution in [0.2, 0.25) is 0 Å². The van der Waals surface area contributed by atoms with Crippen molar-refractivity contribution in [3.05, 3.63) is 0 Å². The molecule has 0 saturated carbocycles. The van der Waals surface area contributed by atoms with Crippen molar-refractivity contribution in [1.82, 2.24) is 4.90 Å². The standard InChI is InChI=1S/C16H31NO3/c1-3-4-5-6-7-10-17(12-14(2)16(18)19)13-15-9-8-11-20-15/h14-15H,3-13H2,1-2H3,(H,18,19). The number of ether oxygens (including phenoxy) is 1. The second-order valence-electron chi connectivity index (χ2n) is 6.05. The molecule has 0 radical (unpaired) electrons. The Bertz CT molecular complexity index is 264. The SMILES string of the molecule is CCCCCCCN(CC1CCCO1)CC(C)C(=O)O. The molecule has 0 bridgehead atoms. The quantitative estimate of drug-likeness (QED) is 0.592. The van der Waals surface area contributed by atoms with Gasteiger partial charge in [0.2, 0.25) is 0 Å². The topological polar surface area (TPSA) is 49.8 Å². The molecule has 0 aromatic heterocycles. The van der Waals surface area contributed by atoms with Gasteiger partial charge < -0.3 is 9.84 Å². The second-order valence-corrected chi connectivity index (χ2v) is 6.05. The first-order valence-electron chi connectivity index (χ1n) is 8.20. The maximum atomic E-state index is 11.0. The van der Waals surface area contributed by atoms with Crippen LogP contribution in [0.4, 0.5) is 0 Å². The molecule has 1 rings (SSSR count). The third-order valence-electron chi connectivity index (χ3n) is 4.02. The molecule has 0 amide bonds. The zero-order chi connectivity index (χ0) is 14.8. The van der Waals surface area contributed by atoms with Gasteiger partial charge in [0, 0.05) is 19.7 Å². The van der Waals surface area contributed by atoms with Gasteiger partial charge in [0.1, 0.15) is 0 Å². The van der Waals surface area contributed by atoms with E-state index in [2.05, 4.69) is 11.8 Å². The molecule has 4 heteroatoms. The van der Waals surface area contributed by atoms with E-state index in [1.165, 1.54) is 32.1 Å². The molecular weight excluding hydrogens is 254 g/mol. The lowest BCUT2D eigenvalue weighted by molar-refractivity contribution is -0.141. The van der Waals surface area contributed by atoms with Crippen LogP contribution in [-0.4, -0.2) is 48.3 Å². The zero-order valence-electron chi connectivity index (χ0n) is 13.1. The second kappa shape index (κ2) is 10.2. The van der Waals surface area contributed by atoms with E-state index in [1.54, 1.807) is 6.92 Å². The Balaban J connectivity index is 2.31. The van der Waals surface area contributed by atoms with E-state index >= 15 is 0 Å². The first-order chi connectivity index (χ1) is 9.63. The van der Waals surface area contributed by atoms with Gasteiger partial charge in [-0.05, 0) is 25.8 Å². The van der Waals surface area contributed by atoms with Crippen molar-refractivity contribution in [3.8, 4) is 0 Å². The van der Waals surface area contributed by atoms with E-state index in [9.17, 15) is 4.79 Å². The lowest BCUT2D eigenvalue weighted by atomic mass is 10.1. The summed E-state index contributed by atoms with van der Waals surface area (Å²) in [7, 11) is 0. The van der Waals surface area contributed by atoms with Crippen LogP contribution in [0, 0.1) is 5.92 Å². The van der Waals surface area contributed by atoms with Crippen LogP contribution in [0.1, 0.15) is 58.8 Å². The summed E-state index contributed by atoms with van der Waals surface area (Å²) in [5.74, 6) is -1.000. The Hall–Kier alpha value is -0.610. The van der Waals surface area contributed by atoms with E-state index in [0.717, 1.165) is 32.5 Å². The highest BCUT2D eigenvalue weighted by molar-refractivity contribution is 5.69. The minimum absolute atomic E-state index is 0.299. The van der Waals surface area contributed by atoms with E-state index in [0.29, 0.717) is 12.6 Å². The molecule has 2 unspecified atom stereocenters. The Morgan fingerprint density at radius 1 is 1.35 bits per heavy atom. The molecule has 1 saturated heterocycles. The Morgan fingerprint density at radius 3 is 2.70 bits per heavy atom. The van der Waals surface area contributed by atoms with E-state index in [-0.39, 0.29) is 5.92 Å². The minimum atomic E-state index is -0.701. The van der Waals surface area contributed by atoms with Crippen molar-refractivity contribution >= 4 is 5.97 Å². The van der Waals surface area contributed by atoms with Crippen LogP contribution >= 0.6 is 0 Å². The van der Waals surface area contributed by atoms with Gasteiger partial charge in [-0.25, -0.2) is 0 Å². The summed E-state index contributed by atoms with van der Waals surface area (Å²) < 4.78 is 5.68. The molecule has 0 aromatic rings. The van der Waals surface area contributed by atoms with E-state index in [4.69, 9.17) is 9.84 Å². The van der Waals surface area contributed by atoms with Gasteiger partial charge in [0.05, 0.1) is 12.0 Å². The van der Waals surface area contributed by atoms with Crippen LogP contribution in [0.5, 0.6) is 0 Å². The largest absolute Gasteiger partial charge is 0.481 e. The first-order valence-corrected chi connectivity index (χ1v) is 8.20. The third kappa shape index (κ3) is 7.25. The maximum Gasteiger partial charge on any atom is 0.307 e. The summed E-state index contributed by atoms with van der Waals surface area (Å²) in [5, 5.41) is 9.08. The van der Waals surface area contributed by atoms with Gasteiger partial charge in [-0.15, -0.1) is 0 Å². The van der Waals surface area contributed by atoms with Gasteiger partial charge in [0.25, 0.3) is 0 Å². The fraction of sp³-hybridized carbons (Fsp3) is 0.938.